The average Bonchev–Trinajstić information content (AvgIpc) is 2.94. The first-order valence-electron chi connectivity index (χ1n) is 13.7. The number of hydrogen-bond donors (Lipinski definition) is 1. The van der Waals surface area contributed by atoms with E-state index in [4.69, 9.17) is 0 Å². The number of nitrogens with one attached hydrogen (secondary N) is 1. The molecule has 1 aliphatic carbocycles. The van der Waals surface area contributed by atoms with E-state index in [2.05, 4.69) is 21.2 Å². The van der Waals surface area contributed by atoms with Gasteiger partial charge in [-0.2, -0.15) is 0 Å². The van der Waals surface area contributed by atoms with E-state index < -0.39 is 34.3 Å². The van der Waals surface area contributed by atoms with Crippen LogP contribution in [0.15, 0.2) is 83.3 Å². The third-order valence-corrected chi connectivity index (χ3v) is 8.89. The Bertz CT molecular complexity index is 1430. The van der Waals surface area contributed by atoms with Crippen molar-refractivity contribution in [2.24, 2.45) is 0 Å². The van der Waals surface area contributed by atoms with Crippen LogP contribution < -0.4 is 9.62 Å². The van der Waals surface area contributed by atoms with E-state index in [1.54, 1.807) is 0 Å². The summed E-state index contributed by atoms with van der Waals surface area (Å²) in [5.41, 5.74) is 1.82. The van der Waals surface area contributed by atoms with Crippen molar-refractivity contribution in [3.63, 3.8) is 0 Å². The maximum atomic E-state index is 14.1. The summed E-state index contributed by atoms with van der Waals surface area (Å²) in [4.78, 5) is 29.5. The molecule has 1 fully saturated rings. The Morgan fingerprint density at radius 2 is 1.61 bits per heavy atom. The largest absolute Gasteiger partial charge is 0.352 e. The molecule has 1 saturated carbocycles. The molecular weight excluding hydrogens is 609 g/mol. The minimum atomic E-state index is -3.91. The molecule has 1 atom stereocenters. The number of hydrogen-bond acceptors (Lipinski definition) is 4. The van der Waals surface area contributed by atoms with Crippen LogP contribution in [0.2, 0.25) is 0 Å². The van der Waals surface area contributed by atoms with Crippen molar-refractivity contribution in [1.82, 2.24) is 10.2 Å². The smallest absolute Gasteiger partial charge is 0.244 e. The summed E-state index contributed by atoms with van der Waals surface area (Å²) in [5, 5.41) is 3.18. The van der Waals surface area contributed by atoms with Gasteiger partial charge in [0.05, 0.1) is 11.9 Å². The van der Waals surface area contributed by atoms with E-state index in [9.17, 15) is 22.4 Å². The number of sulfonamides is 1. The summed E-state index contributed by atoms with van der Waals surface area (Å²) < 4.78 is 41.0. The van der Waals surface area contributed by atoms with E-state index in [1.165, 1.54) is 17.0 Å². The molecule has 0 aliphatic heterocycles. The lowest BCUT2D eigenvalue weighted by atomic mass is 9.94. The van der Waals surface area contributed by atoms with E-state index >= 15 is 0 Å². The Labute approximate surface area is 249 Å². The van der Waals surface area contributed by atoms with Gasteiger partial charge in [-0.1, -0.05) is 77.7 Å². The fourth-order valence-corrected chi connectivity index (χ4v) is 6.45. The zero-order chi connectivity index (χ0) is 29.4. The third kappa shape index (κ3) is 8.87. The highest BCUT2D eigenvalue weighted by Crippen LogP contribution is 2.23. The second-order valence-electron chi connectivity index (χ2n) is 10.4. The molecule has 0 bridgehead atoms. The molecule has 0 radical (unpaired) electrons. The summed E-state index contributed by atoms with van der Waals surface area (Å²) in [5.74, 6) is -1.33. The molecule has 218 valence electrons. The zero-order valence-electron chi connectivity index (χ0n) is 23.0. The fraction of sp³-hybridized carbons (Fsp3) is 0.355. The zero-order valence-corrected chi connectivity index (χ0v) is 25.4. The summed E-state index contributed by atoms with van der Waals surface area (Å²) in [7, 11) is -3.91. The highest BCUT2D eigenvalue weighted by atomic mass is 79.9. The summed E-state index contributed by atoms with van der Waals surface area (Å²) in [6, 6.07) is 21.0. The predicted molar refractivity (Wildman–Crippen MR) is 162 cm³/mol. The molecule has 7 nitrogen and oxygen atoms in total. The molecule has 1 aliphatic rings. The molecule has 0 aromatic heterocycles. The number of carbonyl (C=O) groups excluding carboxylic acids is 2. The third-order valence-electron chi connectivity index (χ3n) is 7.26. The minimum absolute atomic E-state index is 0.0316. The minimum Gasteiger partial charge on any atom is -0.352 e. The number of amides is 2. The van der Waals surface area contributed by atoms with Crippen LogP contribution in [0, 0.1) is 5.82 Å². The predicted octanol–water partition coefficient (Wildman–Crippen LogP) is 5.44. The normalized spacial score (nSPS) is 14.7. The van der Waals surface area contributed by atoms with Crippen LogP contribution in [-0.2, 0) is 32.6 Å². The molecule has 3 aromatic rings. The van der Waals surface area contributed by atoms with Crippen LogP contribution in [0.3, 0.4) is 0 Å². The average molecular weight is 645 g/mol. The molecule has 0 unspecified atom stereocenters. The second-order valence-corrected chi connectivity index (χ2v) is 13.3. The SMILES string of the molecule is CS(=O)(=O)N(CC(=O)N(Cc1cccc(Br)c1)[C@@H](Cc1ccccc1)C(=O)NC1CCCCC1)c1ccc(F)cc1. The highest BCUT2D eigenvalue weighted by molar-refractivity contribution is 9.10. The lowest BCUT2D eigenvalue weighted by molar-refractivity contribution is -0.140. The van der Waals surface area contributed by atoms with Crippen molar-refractivity contribution in [3.8, 4) is 0 Å². The number of rotatable bonds is 11. The van der Waals surface area contributed by atoms with Gasteiger partial charge in [-0.15, -0.1) is 0 Å². The molecule has 0 spiro atoms. The topological polar surface area (TPSA) is 86.8 Å². The first kappa shape index (κ1) is 30.7. The van der Waals surface area contributed by atoms with Crippen molar-refractivity contribution in [3.05, 3.63) is 100 Å². The van der Waals surface area contributed by atoms with Gasteiger partial charge in [-0.3, -0.25) is 13.9 Å². The van der Waals surface area contributed by atoms with Crippen molar-refractivity contribution in [1.29, 1.82) is 0 Å². The van der Waals surface area contributed by atoms with Crippen molar-refractivity contribution in [2.75, 3.05) is 17.1 Å². The van der Waals surface area contributed by atoms with Crippen LogP contribution >= 0.6 is 15.9 Å². The van der Waals surface area contributed by atoms with Crippen molar-refractivity contribution in [2.45, 2.75) is 57.2 Å². The Kier molecular flexibility index (Phi) is 10.6. The molecule has 0 saturated heterocycles. The number of benzene rings is 3. The molecule has 3 aromatic carbocycles. The molecule has 41 heavy (non-hydrogen) atoms. The van der Waals surface area contributed by atoms with Gasteiger partial charge in [0.1, 0.15) is 18.4 Å². The Morgan fingerprint density at radius 1 is 0.951 bits per heavy atom. The summed E-state index contributed by atoms with van der Waals surface area (Å²) >= 11 is 3.48. The molecule has 2 amide bonds. The molecule has 10 heteroatoms. The van der Waals surface area contributed by atoms with Gasteiger partial charge in [0, 0.05) is 23.5 Å². The van der Waals surface area contributed by atoms with Gasteiger partial charge in [0.15, 0.2) is 0 Å². The number of anilines is 1. The summed E-state index contributed by atoms with van der Waals surface area (Å²) in [6.45, 7) is -0.449. The monoisotopic (exact) mass is 643 g/mol. The van der Waals surface area contributed by atoms with Crippen molar-refractivity contribution >= 4 is 43.5 Å². The molecular formula is C31H35BrFN3O4S. The van der Waals surface area contributed by atoms with Gasteiger partial charge in [-0.05, 0) is 60.4 Å². The Balaban J connectivity index is 1.71. The maximum Gasteiger partial charge on any atom is 0.244 e. The molecule has 0 heterocycles. The van der Waals surface area contributed by atoms with E-state index in [0.29, 0.717) is 0 Å². The number of nitrogens with zero attached hydrogens (tertiary/aromatic N) is 2. The Morgan fingerprint density at radius 3 is 2.24 bits per heavy atom. The standard InChI is InChI=1S/C31H35BrFN3O4S/c1-41(39,40)36(28-17-15-26(33)16-18-28)22-30(37)35(21-24-11-8-12-25(32)19-24)29(20-23-9-4-2-5-10-23)31(38)34-27-13-6-3-7-14-27/h2,4-5,8-12,15-19,27,29H,3,6-7,13-14,20-22H2,1H3,(H,34,38)/t29-/m0/s1. The van der Waals surface area contributed by atoms with Crippen LogP contribution in [0.25, 0.3) is 0 Å². The maximum absolute atomic E-state index is 14.1. The lowest BCUT2D eigenvalue weighted by Gasteiger charge is -2.35. The number of carbonyl (C=O) groups is 2. The van der Waals surface area contributed by atoms with Crippen molar-refractivity contribution < 1.29 is 22.4 Å². The van der Waals surface area contributed by atoms with Gasteiger partial charge in [-0.25, -0.2) is 12.8 Å². The van der Waals surface area contributed by atoms with E-state index in [1.807, 2.05) is 54.6 Å². The van der Waals surface area contributed by atoms with Crippen LogP contribution in [0.1, 0.15) is 43.2 Å². The highest BCUT2D eigenvalue weighted by Gasteiger charge is 2.34. The van der Waals surface area contributed by atoms with Crippen LogP contribution in [0.4, 0.5) is 10.1 Å². The van der Waals surface area contributed by atoms with Crippen LogP contribution in [0.5, 0.6) is 0 Å². The number of halogens is 2. The van der Waals surface area contributed by atoms with Gasteiger partial charge in [0.2, 0.25) is 21.8 Å². The molecule has 4 rings (SSSR count). The van der Waals surface area contributed by atoms with Gasteiger partial charge in [0.25, 0.3) is 0 Å². The van der Waals surface area contributed by atoms with Gasteiger partial charge < -0.3 is 10.2 Å². The first-order chi connectivity index (χ1) is 19.6. The second kappa shape index (κ2) is 14.1. The quantitative estimate of drug-likeness (QED) is 0.301. The van der Waals surface area contributed by atoms with E-state index in [-0.39, 0.29) is 30.6 Å². The van der Waals surface area contributed by atoms with E-state index in [0.717, 1.165) is 70.4 Å². The summed E-state index contributed by atoms with van der Waals surface area (Å²) in [6.07, 6.45) is 6.24. The first-order valence-corrected chi connectivity index (χ1v) is 16.4. The Hall–Kier alpha value is -3.24. The lowest BCUT2D eigenvalue weighted by Crippen LogP contribution is -2.55. The van der Waals surface area contributed by atoms with Gasteiger partial charge >= 0.3 is 0 Å². The van der Waals surface area contributed by atoms with Crippen LogP contribution in [-0.4, -0.2) is 50.0 Å². The fourth-order valence-electron chi connectivity index (χ4n) is 5.15. The molecule has 1 N–H and O–H groups in total.